The first-order chi connectivity index (χ1) is 10.8. The van der Waals surface area contributed by atoms with Crippen molar-refractivity contribution >= 4 is 17.5 Å². The average molecular weight is 320 g/mol. The van der Waals surface area contributed by atoms with Crippen molar-refractivity contribution in [3.8, 4) is 5.75 Å². The molecule has 0 spiro atoms. The van der Waals surface area contributed by atoms with Crippen molar-refractivity contribution in [2.24, 2.45) is 0 Å². The molecule has 0 heterocycles. The number of nitrogens with zero attached hydrogens (tertiary/aromatic N) is 1. The van der Waals surface area contributed by atoms with Crippen LogP contribution in [0.15, 0.2) is 24.3 Å². The van der Waals surface area contributed by atoms with Gasteiger partial charge in [0.15, 0.2) is 0 Å². The lowest BCUT2D eigenvalue weighted by molar-refractivity contribution is -0.121. The third-order valence-electron chi connectivity index (χ3n) is 3.48. The number of nitrogens with one attached hydrogen (secondary N) is 1. The Bertz CT molecular complexity index is 512. The molecule has 1 unspecified atom stereocenters. The van der Waals surface area contributed by atoms with Gasteiger partial charge in [-0.1, -0.05) is 6.92 Å². The number of amides is 2. The molecule has 1 rings (SSSR count). The van der Waals surface area contributed by atoms with Gasteiger partial charge in [-0.25, -0.2) is 0 Å². The third-order valence-corrected chi connectivity index (χ3v) is 3.48. The summed E-state index contributed by atoms with van der Waals surface area (Å²) in [6.07, 6.45) is 1.28. The van der Waals surface area contributed by atoms with Gasteiger partial charge in [0.2, 0.25) is 11.8 Å². The number of hydrogen-bond acceptors (Lipinski definition) is 3. The molecule has 2 amide bonds. The summed E-state index contributed by atoms with van der Waals surface area (Å²) in [6, 6.07) is 7.51. The molecule has 1 atom stereocenters. The Morgan fingerprint density at radius 3 is 2.26 bits per heavy atom. The van der Waals surface area contributed by atoms with Crippen LogP contribution in [0, 0.1) is 0 Å². The van der Waals surface area contributed by atoms with Gasteiger partial charge in [0.25, 0.3) is 0 Å². The normalized spacial score (nSPS) is 11.9. The molecule has 0 aliphatic heterocycles. The minimum atomic E-state index is -0.0844. The average Bonchev–Trinajstić information content (AvgIpc) is 2.48. The van der Waals surface area contributed by atoms with E-state index in [1.54, 1.807) is 4.90 Å². The molecular formula is C18H28N2O3. The number of benzene rings is 1. The van der Waals surface area contributed by atoms with Crippen LogP contribution < -0.4 is 15.0 Å². The zero-order valence-electron chi connectivity index (χ0n) is 14.8. The smallest absolute Gasteiger partial charge is 0.223 e. The minimum Gasteiger partial charge on any atom is -0.491 e. The lowest BCUT2D eigenvalue weighted by Crippen LogP contribution is -2.36. The molecule has 1 aromatic rings. The van der Waals surface area contributed by atoms with Gasteiger partial charge in [-0.15, -0.1) is 0 Å². The van der Waals surface area contributed by atoms with Crippen LogP contribution in [0.3, 0.4) is 0 Å². The van der Waals surface area contributed by atoms with Crippen molar-refractivity contribution in [1.29, 1.82) is 0 Å². The van der Waals surface area contributed by atoms with E-state index < -0.39 is 0 Å². The van der Waals surface area contributed by atoms with Gasteiger partial charge < -0.3 is 15.0 Å². The van der Waals surface area contributed by atoms with Crippen LogP contribution in [0.25, 0.3) is 0 Å². The van der Waals surface area contributed by atoms with Gasteiger partial charge >= 0.3 is 0 Å². The van der Waals surface area contributed by atoms with E-state index in [1.165, 1.54) is 6.92 Å². The van der Waals surface area contributed by atoms with E-state index in [0.717, 1.165) is 17.9 Å². The Morgan fingerprint density at radius 2 is 1.78 bits per heavy atom. The van der Waals surface area contributed by atoms with Crippen molar-refractivity contribution in [3.63, 3.8) is 0 Å². The Morgan fingerprint density at radius 1 is 1.17 bits per heavy atom. The van der Waals surface area contributed by atoms with E-state index in [2.05, 4.69) is 5.32 Å². The van der Waals surface area contributed by atoms with Crippen LogP contribution in [-0.4, -0.2) is 30.5 Å². The van der Waals surface area contributed by atoms with Crippen LogP contribution >= 0.6 is 0 Å². The van der Waals surface area contributed by atoms with Crippen LogP contribution in [0.1, 0.15) is 47.5 Å². The van der Waals surface area contributed by atoms with Gasteiger partial charge in [0.1, 0.15) is 5.75 Å². The highest BCUT2D eigenvalue weighted by atomic mass is 16.5. The molecule has 0 saturated carbocycles. The maximum atomic E-state index is 11.9. The Labute approximate surface area is 139 Å². The lowest BCUT2D eigenvalue weighted by Gasteiger charge is -2.22. The second kappa shape index (κ2) is 9.18. The van der Waals surface area contributed by atoms with Crippen LogP contribution in [0.2, 0.25) is 0 Å². The highest BCUT2D eigenvalue weighted by molar-refractivity contribution is 5.92. The second-order valence-corrected chi connectivity index (χ2v) is 5.96. The number of hydrogen-bond donors (Lipinski definition) is 1. The quantitative estimate of drug-likeness (QED) is 0.800. The molecule has 23 heavy (non-hydrogen) atoms. The molecule has 0 fully saturated rings. The summed E-state index contributed by atoms with van der Waals surface area (Å²) in [5.41, 5.74) is 0.768. The predicted octanol–water partition coefficient (Wildman–Crippen LogP) is 3.13. The van der Waals surface area contributed by atoms with Gasteiger partial charge in [-0.2, -0.15) is 0 Å². The highest BCUT2D eigenvalue weighted by Gasteiger charge is 2.14. The van der Waals surface area contributed by atoms with Crippen LogP contribution in [-0.2, 0) is 9.59 Å². The number of rotatable bonds is 8. The fourth-order valence-corrected chi connectivity index (χ4v) is 2.11. The number of carbonyl (C=O) groups is 2. The molecular weight excluding hydrogens is 292 g/mol. The summed E-state index contributed by atoms with van der Waals surface area (Å²) in [5, 5.41) is 2.91. The lowest BCUT2D eigenvalue weighted by atomic mass is 10.2. The van der Waals surface area contributed by atoms with E-state index in [-0.39, 0.29) is 30.4 Å². The van der Waals surface area contributed by atoms with Gasteiger partial charge in [0, 0.05) is 31.6 Å². The largest absolute Gasteiger partial charge is 0.491 e. The highest BCUT2D eigenvalue weighted by Crippen LogP contribution is 2.20. The fourth-order valence-electron chi connectivity index (χ4n) is 2.11. The SMILES string of the molecule is CCC(C)NC(=O)CCN(C(C)=O)c1ccc(OC(C)C)cc1. The van der Waals surface area contributed by atoms with Crippen molar-refractivity contribution in [1.82, 2.24) is 5.32 Å². The predicted molar refractivity (Wildman–Crippen MR) is 92.7 cm³/mol. The molecule has 5 heteroatoms. The van der Waals surface area contributed by atoms with Crippen molar-refractivity contribution in [3.05, 3.63) is 24.3 Å². The Kier molecular flexibility index (Phi) is 7.59. The summed E-state index contributed by atoms with van der Waals surface area (Å²) in [5.74, 6) is 0.644. The molecule has 0 radical (unpaired) electrons. The van der Waals surface area contributed by atoms with Gasteiger partial charge in [-0.3, -0.25) is 9.59 Å². The van der Waals surface area contributed by atoms with E-state index in [4.69, 9.17) is 4.74 Å². The summed E-state index contributed by atoms with van der Waals surface area (Å²) >= 11 is 0. The standard InChI is InChI=1S/C18H28N2O3/c1-6-14(4)19-18(22)11-12-20(15(5)21)16-7-9-17(10-8-16)23-13(2)3/h7-10,13-14H,6,11-12H2,1-5H3,(H,19,22). The molecule has 5 nitrogen and oxygen atoms in total. The zero-order chi connectivity index (χ0) is 17.4. The van der Waals surface area contributed by atoms with E-state index in [1.807, 2.05) is 52.0 Å². The fraction of sp³-hybridized carbons (Fsp3) is 0.556. The molecule has 0 aliphatic rings. The molecule has 0 aliphatic carbocycles. The molecule has 128 valence electrons. The monoisotopic (exact) mass is 320 g/mol. The molecule has 1 aromatic carbocycles. The van der Waals surface area contributed by atoms with Gasteiger partial charge in [0.05, 0.1) is 6.10 Å². The molecule has 1 N–H and O–H groups in total. The maximum Gasteiger partial charge on any atom is 0.223 e. The molecule has 0 saturated heterocycles. The second-order valence-electron chi connectivity index (χ2n) is 5.96. The number of carbonyl (C=O) groups excluding carboxylic acids is 2. The minimum absolute atomic E-state index is 0.0367. The van der Waals surface area contributed by atoms with Crippen molar-refractivity contribution in [2.45, 2.75) is 59.6 Å². The first-order valence-corrected chi connectivity index (χ1v) is 8.17. The Balaban J connectivity index is 2.67. The van der Waals surface area contributed by atoms with Gasteiger partial charge in [-0.05, 0) is 51.5 Å². The third kappa shape index (κ3) is 6.72. The van der Waals surface area contributed by atoms with Crippen molar-refractivity contribution in [2.75, 3.05) is 11.4 Å². The van der Waals surface area contributed by atoms with E-state index in [9.17, 15) is 9.59 Å². The maximum absolute atomic E-state index is 11.9. The molecule has 0 bridgehead atoms. The molecule has 0 aromatic heterocycles. The van der Waals surface area contributed by atoms with E-state index in [0.29, 0.717) is 6.54 Å². The Hall–Kier alpha value is -2.04. The van der Waals surface area contributed by atoms with Crippen LogP contribution in [0.4, 0.5) is 5.69 Å². The summed E-state index contributed by atoms with van der Waals surface area (Å²) < 4.78 is 5.60. The van der Waals surface area contributed by atoms with Crippen molar-refractivity contribution < 1.29 is 14.3 Å². The zero-order valence-corrected chi connectivity index (χ0v) is 14.8. The first kappa shape index (κ1) is 19.0. The number of anilines is 1. The van der Waals surface area contributed by atoms with E-state index >= 15 is 0 Å². The van der Waals surface area contributed by atoms with Crippen LogP contribution in [0.5, 0.6) is 5.75 Å². The number of ether oxygens (including phenoxy) is 1. The summed E-state index contributed by atoms with van der Waals surface area (Å²) in [7, 11) is 0. The summed E-state index contributed by atoms with van der Waals surface area (Å²) in [4.78, 5) is 25.3. The first-order valence-electron chi connectivity index (χ1n) is 8.17. The topological polar surface area (TPSA) is 58.6 Å². The summed E-state index contributed by atoms with van der Waals surface area (Å²) in [6.45, 7) is 9.78.